The number of nitrogens with one attached hydrogen (secondary N) is 1. The molecule has 0 amide bonds. The highest BCUT2D eigenvalue weighted by Gasteiger charge is 2.17. The summed E-state index contributed by atoms with van der Waals surface area (Å²) in [6.45, 7) is 0. The molecule has 1 aromatic heterocycles. The average Bonchev–Trinajstić information content (AvgIpc) is 2.60. The predicted octanol–water partition coefficient (Wildman–Crippen LogP) is 2.77. The smallest absolute Gasteiger partial charge is 0.359 e. The molecule has 0 unspecified atom stereocenters. The maximum absolute atomic E-state index is 11.4. The molecule has 0 radical (unpaired) electrons. The quantitative estimate of drug-likeness (QED) is 0.821. The number of carbonyl (C=O) groups is 1. The van der Waals surface area contributed by atoms with Crippen molar-refractivity contribution in [1.29, 1.82) is 0 Å². The summed E-state index contributed by atoms with van der Waals surface area (Å²) in [6.07, 6.45) is 0. The minimum atomic E-state index is -0.482. The summed E-state index contributed by atoms with van der Waals surface area (Å²) in [5.41, 5.74) is 0.936. The summed E-state index contributed by atoms with van der Waals surface area (Å²) in [4.78, 5) is 11.4. The molecule has 2 aromatic rings. The number of hydrogen-bond donors (Lipinski definition) is 1. The van der Waals surface area contributed by atoms with Crippen LogP contribution < -0.4 is 0 Å². The van der Waals surface area contributed by atoms with Crippen LogP contribution in [0.2, 0.25) is 5.02 Å². The molecule has 0 bridgehead atoms. The molecule has 0 aliphatic rings. The Morgan fingerprint density at radius 2 is 2.33 bits per heavy atom. The SMILES string of the molecule is COC(=O)c1n[nH]c2cc(Cl)cc(Br)c12. The Morgan fingerprint density at radius 3 is 3.00 bits per heavy atom. The third kappa shape index (κ3) is 1.72. The van der Waals surface area contributed by atoms with E-state index in [1.54, 1.807) is 12.1 Å². The van der Waals surface area contributed by atoms with Crippen molar-refractivity contribution < 1.29 is 9.53 Å². The molecule has 0 fully saturated rings. The van der Waals surface area contributed by atoms with Gasteiger partial charge in [-0.15, -0.1) is 0 Å². The van der Waals surface area contributed by atoms with E-state index in [4.69, 9.17) is 11.6 Å². The van der Waals surface area contributed by atoms with Crippen molar-refractivity contribution in [3.8, 4) is 0 Å². The normalized spacial score (nSPS) is 10.6. The predicted molar refractivity (Wildman–Crippen MR) is 60.1 cm³/mol. The number of hydrogen-bond acceptors (Lipinski definition) is 3. The summed E-state index contributed by atoms with van der Waals surface area (Å²) in [5, 5.41) is 7.84. The highest BCUT2D eigenvalue weighted by Crippen LogP contribution is 2.29. The van der Waals surface area contributed by atoms with Gasteiger partial charge in [-0.05, 0) is 28.1 Å². The zero-order valence-corrected chi connectivity index (χ0v) is 10.0. The Bertz CT molecular complexity index is 538. The molecule has 15 heavy (non-hydrogen) atoms. The zero-order chi connectivity index (χ0) is 11.0. The van der Waals surface area contributed by atoms with Crippen molar-refractivity contribution in [3.05, 3.63) is 27.3 Å². The molecule has 0 atom stereocenters. The minimum Gasteiger partial charge on any atom is -0.464 e. The van der Waals surface area contributed by atoms with Crippen molar-refractivity contribution in [3.63, 3.8) is 0 Å². The van der Waals surface area contributed by atoms with Crippen LogP contribution in [0.25, 0.3) is 10.9 Å². The summed E-state index contributed by atoms with van der Waals surface area (Å²) in [6, 6.07) is 3.40. The molecule has 0 aliphatic heterocycles. The van der Waals surface area contributed by atoms with Crippen LogP contribution >= 0.6 is 27.5 Å². The molecule has 1 N–H and O–H groups in total. The zero-order valence-electron chi connectivity index (χ0n) is 7.67. The maximum atomic E-state index is 11.4. The number of aromatic nitrogens is 2. The number of carbonyl (C=O) groups excluding carboxylic acids is 1. The van der Waals surface area contributed by atoms with Gasteiger partial charge in [-0.3, -0.25) is 5.10 Å². The van der Waals surface area contributed by atoms with Crippen molar-refractivity contribution in [1.82, 2.24) is 10.2 Å². The van der Waals surface area contributed by atoms with E-state index in [0.717, 1.165) is 0 Å². The second kappa shape index (κ2) is 3.83. The van der Waals surface area contributed by atoms with Crippen LogP contribution in [0.15, 0.2) is 16.6 Å². The number of halogens is 2. The first-order valence-corrected chi connectivity index (χ1v) is 5.22. The van der Waals surface area contributed by atoms with Gasteiger partial charge in [-0.25, -0.2) is 4.79 Å². The molecule has 0 saturated carbocycles. The Balaban J connectivity index is 2.74. The lowest BCUT2D eigenvalue weighted by molar-refractivity contribution is 0.0596. The standard InChI is InChI=1S/C9H6BrClN2O2/c1-15-9(14)8-7-5(10)2-4(11)3-6(7)12-13-8/h2-3H,1H3,(H,12,13). The van der Waals surface area contributed by atoms with E-state index in [9.17, 15) is 4.79 Å². The Kier molecular flexibility index (Phi) is 2.67. The highest BCUT2D eigenvalue weighted by molar-refractivity contribution is 9.10. The third-order valence-corrected chi connectivity index (χ3v) is 2.80. The molecule has 0 aliphatic carbocycles. The lowest BCUT2D eigenvalue weighted by Crippen LogP contribution is -2.02. The Morgan fingerprint density at radius 1 is 1.60 bits per heavy atom. The monoisotopic (exact) mass is 288 g/mol. The lowest BCUT2D eigenvalue weighted by Gasteiger charge is -1.98. The van der Waals surface area contributed by atoms with Crippen LogP contribution in [0, 0.1) is 0 Å². The number of H-pyrrole nitrogens is 1. The number of aromatic amines is 1. The third-order valence-electron chi connectivity index (χ3n) is 1.96. The minimum absolute atomic E-state index is 0.246. The Labute approximate surface area is 98.7 Å². The average molecular weight is 290 g/mol. The number of esters is 1. The topological polar surface area (TPSA) is 55.0 Å². The fourth-order valence-corrected chi connectivity index (χ4v) is 2.32. The van der Waals surface area contributed by atoms with Gasteiger partial charge in [-0.2, -0.15) is 5.10 Å². The van der Waals surface area contributed by atoms with E-state index < -0.39 is 5.97 Å². The highest BCUT2D eigenvalue weighted by atomic mass is 79.9. The molecule has 1 aromatic carbocycles. The summed E-state index contributed by atoms with van der Waals surface area (Å²) >= 11 is 9.18. The second-order valence-electron chi connectivity index (χ2n) is 2.87. The van der Waals surface area contributed by atoms with Gasteiger partial charge < -0.3 is 4.74 Å². The molecule has 4 nitrogen and oxygen atoms in total. The van der Waals surface area contributed by atoms with Crippen LogP contribution in [-0.4, -0.2) is 23.3 Å². The maximum Gasteiger partial charge on any atom is 0.359 e. The number of rotatable bonds is 1. The molecular weight excluding hydrogens is 283 g/mol. The fourth-order valence-electron chi connectivity index (χ4n) is 1.32. The van der Waals surface area contributed by atoms with Gasteiger partial charge in [0.2, 0.25) is 0 Å². The van der Waals surface area contributed by atoms with E-state index in [2.05, 4.69) is 30.9 Å². The fraction of sp³-hybridized carbons (Fsp3) is 0.111. The first-order chi connectivity index (χ1) is 7.13. The van der Waals surface area contributed by atoms with E-state index in [-0.39, 0.29) is 5.69 Å². The molecule has 1 heterocycles. The molecule has 0 spiro atoms. The van der Waals surface area contributed by atoms with E-state index in [0.29, 0.717) is 20.4 Å². The van der Waals surface area contributed by atoms with Gasteiger partial charge in [0, 0.05) is 14.9 Å². The Hall–Kier alpha value is -1.07. The first-order valence-electron chi connectivity index (χ1n) is 4.05. The van der Waals surface area contributed by atoms with Gasteiger partial charge >= 0.3 is 5.97 Å². The number of benzene rings is 1. The van der Waals surface area contributed by atoms with Crippen molar-refractivity contribution in [2.45, 2.75) is 0 Å². The van der Waals surface area contributed by atoms with Gasteiger partial charge in [0.05, 0.1) is 12.6 Å². The van der Waals surface area contributed by atoms with Crippen LogP contribution in [0.4, 0.5) is 0 Å². The number of fused-ring (bicyclic) bond motifs is 1. The van der Waals surface area contributed by atoms with Crippen LogP contribution in [0.1, 0.15) is 10.5 Å². The molecular formula is C9H6BrClN2O2. The van der Waals surface area contributed by atoms with Gasteiger partial charge in [0.1, 0.15) is 0 Å². The molecule has 78 valence electrons. The van der Waals surface area contributed by atoms with Crippen molar-refractivity contribution in [2.75, 3.05) is 7.11 Å². The van der Waals surface area contributed by atoms with Crippen LogP contribution in [-0.2, 0) is 4.74 Å². The van der Waals surface area contributed by atoms with E-state index >= 15 is 0 Å². The summed E-state index contributed by atoms with van der Waals surface area (Å²) in [5.74, 6) is -0.482. The number of nitrogens with zero attached hydrogens (tertiary/aromatic N) is 1. The molecule has 0 saturated heterocycles. The van der Waals surface area contributed by atoms with Crippen molar-refractivity contribution >= 4 is 44.4 Å². The summed E-state index contributed by atoms with van der Waals surface area (Å²) < 4.78 is 5.32. The van der Waals surface area contributed by atoms with E-state index in [1.807, 2.05) is 0 Å². The number of ether oxygens (including phenoxy) is 1. The van der Waals surface area contributed by atoms with E-state index in [1.165, 1.54) is 7.11 Å². The lowest BCUT2D eigenvalue weighted by atomic mass is 10.2. The van der Waals surface area contributed by atoms with Gasteiger partial charge in [0.25, 0.3) is 0 Å². The first kappa shape index (κ1) is 10.4. The van der Waals surface area contributed by atoms with Crippen LogP contribution in [0.3, 0.4) is 0 Å². The number of methoxy groups -OCH3 is 1. The molecule has 2 rings (SSSR count). The van der Waals surface area contributed by atoms with Gasteiger partial charge in [-0.1, -0.05) is 11.6 Å². The molecule has 6 heteroatoms. The second-order valence-corrected chi connectivity index (χ2v) is 4.16. The van der Waals surface area contributed by atoms with Crippen LogP contribution in [0.5, 0.6) is 0 Å². The summed E-state index contributed by atoms with van der Waals surface area (Å²) in [7, 11) is 1.31. The van der Waals surface area contributed by atoms with Gasteiger partial charge in [0.15, 0.2) is 5.69 Å². The largest absolute Gasteiger partial charge is 0.464 e. The van der Waals surface area contributed by atoms with Crippen molar-refractivity contribution in [2.24, 2.45) is 0 Å².